The highest BCUT2D eigenvalue weighted by Gasteiger charge is 2.61. The molecule has 1 aromatic carbocycles. The van der Waals surface area contributed by atoms with E-state index in [1.54, 1.807) is 0 Å². The van der Waals surface area contributed by atoms with Gasteiger partial charge in [-0.2, -0.15) is 0 Å². The zero-order valence-corrected chi connectivity index (χ0v) is 11.0. The van der Waals surface area contributed by atoms with Crippen molar-refractivity contribution < 1.29 is 9.59 Å². The summed E-state index contributed by atoms with van der Waals surface area (Å²) >= 11 is 0. The van der Waals surface area contributed by atoms with Crippen LogP contribution >= 0.6 is 0 Å². The number of fused-ring (bicyclic) bond motifs is 5. The minimum atomic E-state index is -0.0215. The molecule has 98 valence electrons. The SMILES string of the molecule is Cc1cccc(N2C(=O)[C@@H]3[C@H]4CC[C@@H](C4)[C@@H]3C2=O)c1. The third-order valence-electron chi connectivity index (χ3n) is 5.19. The number of carbonyl (C=O) groups excluding carboxylic acids is 2. The molecule has 2 bridgehead atoms. The first-order chi connectivity index (χ1) is 9.16. The molecule has 1 saturated heterocycles. The molecule has 2 aliphatic carbocycles. The molecule has 1 heterocycles. The molecular formula is C16H17NO2. The van der Waals surface area contributed by atoms with Gasteiger partial charge in [-0.05, 0) is 55.7 Å². The molecule has 0 N–H and O–H groups in total. The van der Waals surface area contributed by atoms with Crippen molar-refractivity contribution in [1.29, 1.82) is 0 Å². The van der Waals surface area contributed by atoms with Gasteiger partial charge in [0.2, 0.25) is 11.8 Å². The van der Waals surface area contributed by atoms with Crippen molar-refractivity contribution in [2.45, 2.75) is 26.2 Å². The van der Waals surface area contributed by atoms with Gasteiger partial charge in [-0.25, -0.2) is 0 Å². The number of rotatable bonds is 1. The first-order valence-electron chi connectivity index (χ1n) is 7.11. The van der Waals surface area contributed by atoms with Crippen LogP contribution in [-0.4, -0.2) is 11.8 Å². The lowest BCUT2D eigenvalue weighted by Crippen LogP contribution is -2.32. The minimum Gasteiger partial charge on any atom is -0.274 e. The molecule has 0 spiro atoms. The smallest absolute Gasteiger partial charge is 0.237 e. The third kappa shape index (κ3) is 1.38. The monoisotopic (exact) mass is 255 g/mol. The molecule has 3 fully saturated rings. The van der Waals surface area contributed by atoms with E-state index in [-0.39, 0.29) is 23.7 Å². The molecule has 0 radical (unpaired) electrons. The second-order valence-corrected chi connectivity index (χ2v) is 6.24. The summed E-state index contributed by atoms with van der Waals surface area (Å²) < 4.78 is 0. The Kier molecular flexibility index (Phi) is 2.17. The van der Waals surface area contributed by atoms with Crippen LogP contribution in [0.25, 0.3) is 0 Å². The van der Waals surface area contributed by atoms with Crippen LogP contribution < -0.4 is 4.90 Å². The predicted molar refractivity (Wildman–Crippen MR) is 71.5 cm³/mol. The zero-order chi connectivity index (χ0) is 13.1. The first-order valence-corrected chi connectivity index (χ1v) is 7.11. The number of imide groups is 1. The Morgan fingerprint density at radius 2 is 1.68 bits per heavy atom. The summed E-state index contributed by atoms with van der Waals surface area (Å²) in [5, 5.41) is 0. The van der Waals surface area contributed by atoms with Crippen LogP contribution in [0.15, 0.2) is 24.3 Å². The average molecular weight is 255 g/mol. The molecule has 3 heteroatoms. The van der Waals surface area contributed by atoms with Gasteiger partial charge in [0.25, 0.3) is 0 Å². The number of hydrogen-bond donors (Lipinski definition) is 0. The third-order valence-corrected chi connectivity index (χ3v) is 5.19. The van der Waals surface area contributed by atoms with Crippen LogP contribution in [0.1, 0.15) is 24.8 Å². The van der Waals surface area contributed by atoms with Crippen LogP contribution in [0.3, 0.4) is 0 Å². The van der Waals surface area contributed by atoms with Crippen molar-refractivity contribution in [3.63, 3.8) is 0 Å². The Morgan fingerprint density at radius 1 is 1.05 bits per heavy atom. The van der Waals surface area contributed by atoms with Crippen molar-refractivity contribution in [2.24, 2.45) is 23.7 Å². The van der Waals surface area contributed by atoms with E-state index in [9.17, 15) is 9.59 Å². The van der Waals surface area contributed by atoms with Crippen LogP contribution in [0.5, 0.6) is 0 Å². The van der Waals surface area contributed by atoms with Crippen LogP contribution in [0.4, 0.5) is 5.69 Å². The summed E-state index contributed by atoms with van der Waals surface area (Å²) in [6.07, 6.45) is 3.35. The highest BCUT2D eigenvalue weighted by molar-refractivity contribution is 6.22. The molecule has 3 nitrogen and oxygen atoms in total. The highest BCUT2D eigenvalue weighted by atomic mass is 16.2. The number of nitrogens with zero attached hydrogens (tertiary/aromatic N) is 1. The topological polar surface area (TPSA) is 37.4 Å². The van der Waals surface area contributed by atoms with E-state index in [0.29, 0.717) is 11.8 Å². The number of aryl methyl sites for hydroxylation is 1. The van der Waals surface area contributed by atoms with Crippen molar-refractivity contribution in [2.75, 3.05) is 4.90 Å². The fourth-order valence-corrected chi connectivity index (χ4v) is 4.43. The second-order valence-electron chi connectivity index (χ2n) is 6.24. The number of anilines is 1. The molecule has 2 amide bonds. The van der Waals surface area contributed by atoms with E-state index in [4.69, 9.17) is 0 Å². The van der Waals surface area contributed by atoms with Crippen molar-refractivity contribution in [3.8, 4) is 0 Å². The lowest BCUT2D eigenvalue weighted by atomic mass is 9.81. The predicted octanol–water partition coefficient (Wildman–Crippen LogP) is 2.53. The summed E-state index contributed by atoms with van der Waals surface area (Å²) in [5.41, 5.74) is 1.84. The summed E-state index contributed by atoms with van der Waals surface area (Å²) in [6.45, 7) is 1.99. The summed E-state index contributed by atoms with van der Waals surface area (Å²) in [7, 11) is 0. The quantitative estimate of drug-likeness (QED) is 0.723. The van der Waals surface area contributed by atoms with Crippen molar-refractivity contribution in [3.05, 3.63) is 29.8 Å². The van der Waals surface area contributed by atoms with E-state index in [0.717, 1.165) is 30.5 Å². The summed E-state index contributed by atoms with van der Waals surface area (Å²) in [5.74, 6) is 0.974. The Labute approximate surface area is 112 Å². The van der Waals surface area contributed by atoms with Gasteiger partial charge in [0.05, 0.1) is 17.5 Å². The van der Waals surface area contributed by atoms with Gasteiger partial charge in [0.1, 0.15) is 0 Å². The van der Waals surface area contributed by atoms with E-state index in [1.807, 2.05) is 31.2 Å². The molecule has 4 atom stereocenters. The normalized spacial score (nSPS) is 36.2. The standard InChI is InChI=1S/C16H17NO2/c1-9-3-2-4-12(7-9)17-15(18)13-10-5-6-11(8-10)14(13)16(17)19/h2-4,7,10-11,13-14H,5-6,8H2,1H3/t10-,11-,13-,14+/m0/s1. The fraction of sp³-hybridized carbons (Fsp3) is 0.500. The van der Waals surface area contributed by atoms with Crippen LogP contribution in [-0.2, 0) is 9.59 Å². The molecule has 0 unspecified atom stereocenters. The Hall–Kier alpha value is -1.64. The Balaban J connectivity index is 1.75. The Bertz CT molecular complexity index is 552. The van der Waals surface area contributed by atoms with Crippen molar-refractivity contribution in [1.82, 2.24) is 0 Å². The maximum Gasteiger partial charge on any atom is 0.237 e. The lowest BCUT2D eigenvalue weighted by Gasteiger charge is -2.19. The van der Waals surface area contributed by atoms with Crippen LogP contribution in [0.2, 0.25) is 0 Å². The molecule has 4 rings (SSSR count). The number of carbonyl (C=O) groups is 2. The number of hydrogen-bond acceptors (Lipinski definition) is 2. The molecule has 19 heavy (non-hydrogen) atoms. The largest absolute Gasteiger partial charge is 0.274 e. The second kappa shape index (κ2) is 3.69. The van der Waals surface area contributed by atoms with Gasteiger partial charge in [-0.1, -0.05) is 12.1 Å². The maximum atomic E-state index is 12.6. The number of amides is 2. The minimum absolute atomic E-state index is 0.0215. The number of benzene rings is 1. The molecule has 1 aliphatic heterocycles. The van der Waals surface area contributed by atoms with Gasteiger partial charge in [-0.15, -0.1) is 0 Å². The molecule has 1 aromatic rings. The lowest BCUT2D eigenvalue weighted by molar-refractivity contribution is -0.123. The van der Waals surface area contributed by atoms with E-state index < -0.39 is 0 Å². The summed E-state index contributed by atoms with van der Waals surface area (Å²) in [4.78, 5) is 26.7. The van der Waals surface area contributed by atoms with E-state index in [1.165, 1.54) is 4.90 Å². The van der Waals surface area contributed by atoms with Gasteiger partial charge in [0, 0.05) is 0 Å². The zero-order valence-electron chi connectivity index (χ0n) is 11.0. The molecular weight excluding hydrogens is 238 g/mol. The fourth-order valence-electron chi connectivity index (χ4n) is 4.43. The highest BCUT2D eigenvalue weighted by Crippen LogP contribution is 2.56. The first kappa shape index (κ1) is 11.2. The molecule has 2 saturated carbocycles. The van der Waals surface area contributed by atoms with Gasteiger partial charge >= 0.3 is 0 Å². The maximum absolute atomic E-state index is 12.6. The van der Waals surface area contributed by atoms with Gasteiger partial charge < -0.3 is 0 Å². The van der Waals surface area contributed by atoms with Crippen LogP contribution in [0, 0.1) is 30.6 Å². The molecule has 0 aromatic heterocycles. The summed E-state index contributed by atoms with van der Waals surface area (Å²) in [6, 6.07) is 7.69. The van der Waals surface area contributed by atoms with Gasteiger partial charge in [0.15, 0.2) is 0 Å². The van der Waals surface area contributed by atoms with Gasteiger partial charge in [-0.3, -0.25) is 14.5 Å². The average Bonchev–Trinajstić information content (AvgIpc) is 3.04. The van der Waals surface area contributed by atoms with Crippen molar-refractivity contribution >= 4 is 17.5 Å². The van der Waals surface area contributed by atoms with E-state index >= 15 is 0 Å². The Morgan fingerprint density at radius 3 is 2.26 bits per heavy atom. The van der Waals surface area contributed by atoms with E-state index in [2.05, 4.69) is 0 Å². The molecule has 3 aliphatic rings.